The van der Waals surface area contributed by atoms with Crippen molar-refractivity contribution in [2.45, 2.75) is 71.4 Å². The average Bonchev–Trinajstić information content (AvgIpc) is 2.79. The van der Waals surface area contributed by atoms with Crippen molar-refractivity contribution < 1.29 is 14.7 Å². The summed E-state index contributed by atoms with van der Waals surface area (Å²) in [6.45, 7) is 7.48. The number of piperidine rings is 1. The average molecular weight is 515 g/mol. The van der Waals surface area contributed by atoms with Gasteiger partial charge in [0.2, 0.25) is 5.91 Å². The van der Waals surface area contributed by atoms with Gasteiger partial charge in [0.1, 0.15) is 0 Å². The van der Waals surface area contributed by atoms with Crippen LogP contribution in [-0.4, -0.2) is 27.9 Å². The number of likely N-dealkylation sites (tertiary alicyclic amines) is 1. The number of nitriles is 1. The fourth-order valence-electron chi connectivity index (χ4n) is 5.35. The van der Waals surface area contributed by atoms with Gasteiger partial charge >= 0.3 is 5.97 Å². The molecule has 1 amide bonds. The first-order valence-corrected chi connectivity index (χ1v) is 12.6. The number of carbonyl (C=O) groups excluding carboxylic acids is 1. The number of nitrogens with zero attached hydrogens (tertiary/aromatic N) is 2. The Morgan fingerprint density at radius 1 is 1.20 bits per heavy atom. The van der Waals surface area contributed by atoms with Crippen molar-refractivity contribution in [2.24, 2.45) is 10.8 Å². The minimum absolute atomic E-state index is 0.196. The number of rotatable bonds is 8. The number of hydrogen-bond donors (Lipinski definition) is 1. The Balaban J connectivity index is 2.25. The second kappa shape index (κ2) is 10.6. The van der Waals surface area contributed by atoms with Gasteiger partial charge in [-0.05, 0) is 68.5 Å². The van der Waals surface area contributed by atoms with Crippen LogP contribution in [0.15, 0.2) is 48.5 Å². The summed E-state index contributed by atoms with van der Waals surface area (Å²) in [5.74, 6) is -1.41. The summed E-state index contributed by atoms with van der Waals surface area (Å²) in [5.41, 5.74) is 0.100. The van der Waals surface area contributed by atoms with Crippen molar-refractivity contribution in [1.29, 1.82) is 5.26 Å². The van der Waals surface area contributed by atoms with Crippen molar-refractivity contribution in [3.05, 3.63) is 69.7 Å². The molecule has 35 heavy (non-hydrogen) atoms. The van der Waals surface area contributed by atoms with E-state index in [1.165, 1.54) is 0 Å². The van der Waals surface area contributed by atoms with Gasteiger partial charge < -0.3 is 10.0 Å². The molecule has 2 aromatic carbocycles. The first-order chi connectivity index (χ1) is 16.4. The maximum Gasteiger partial charge on any atom is 0.304 e. The molecule has 0 saturated carbocycles. The molecule has 2 aromatic rings. The third kappa shape index (κ3) is 6.00. The van der Waals surface area contributed by atoms with E-state index >= 15 is 0 Å². The van der Waals surface area contributed by atoms with Gasteiger partial charge in [0.15, 0.2) is 0 Å². The SMILES string of the molecule is CCC(CC(C)(C)C#N)N1C(=O)[C@@](C)(CC(=O)O)C[C@H](c2cccc(Cl)c2)[C@H]1c1ccc(Cl)cc1. The Labute approximate surface area is 217 Å². The molecule has 1 heterocycles. The van der Waals surface area contributed by atoms with Gasteiger partial charge in [-0.25, -0.2) is 0 Å². The smallest absolute Gasteiger partial charge is 0.304 e. The number of carboxylic acid groups (broad SMARTS) is 1. The summed E-state index contributed by atoms with van der Waals surface area (Å²) in [4.78, 5) is 27.9. The normalized spacial score (nSPS) is 23.6. The summed E-state index contributed by atoms with van der Waals surface area (Å²) < 4.78 is 0. The fraction of sp³-hybridized carbons (Fsp3) is 0.464. The van der Waals surface area contributed by atoms with Crippen LogP contribution in [0.25, 0.3) is 0 Å². The predicted octanol–water partition coefficient (Wildman–Crippen LogP) is 7.25. The number of aliphatic carboxylic acids is 1. The number of halogens is 2. The van der Waals surface area contributed by atoms with Gasteiger partial charge in [0.05, 0.1) is 29.4 Å². The molecule has 0 radical (unpaired) electrons. The molecule has 0 bridgehead atoms. The van der Waals surface area contributed by atoms with E-state index in [9.17, 15) is 20.0 Å². The van der Waals surface area contributed by atoms with E-state index in [-0.39, 0.29) is 30.3 Å². The Bertz CT molecular complexity index is 1130. The molecule has 186 valence electrons. The van der Waals surface area contributed by atoms with Crippen LogP contribution in [0.5, 0.6) is 0 Å². The number of benzene rings is 2. The van der Waals surface area contributed by atoms with Crippen LogP contribution in [0.4, 0.5) is 0 Å². The van der Waals surface area contributed by atoms with Crippen LogP contribution >= 0.6 is 23.2 Å². The van der Waals surface area contributed by atoms with Gasteiger partial charge in [0.25, 0.3) is 0 Å². The van der Waals surface area contributed by atoms with Crippen molar-refractivity contribution in [1.82, 2.24) is 4.90 Å². The second-order valence-corrected chi connectivity index (χ2v) is 11.3. The number of hydrogen-bond acceptors (Lipinski definition) is 3. The van der Waals surface area contributed by atoms with E-state index in [1.807, 2.05) is 56.0 Å². The highest BCUT2D eigenvalue weighted by molar-refractivity contribution is 6.30. The molecular weight excluding hydrogens is 483 g/mol. The lowest BCUT2D eigenvalue weighted by Gasteiger charge is -2.52. The topological polar surface area (TPSA) is 81.4 Å². The molecule has 0 spiro atoms. The highest BCUT2D eigenvalue weighted by Gasteiger charge is 2.52. The lowest BCUT2D eigenvalue weighted by Crippen LogP contribution is -2.56. The second-order valence-electron chi connectivity index (χ2n) is 10.5. The first kappa shape index (κ1) is 27.0. The van der Waals surface area contributed by atoms with Crippen LogP contribution < -0.4 is 0 Å². The van der Waals surface area contributed by atoms with Crippen LogP contribution in [0.3, 0.4) is 0 Å². The zero-order valence-corrected chi connectivity index (χ0v) is 22.1. The summed E-state index contributed by atoms with van der Waals surface area (Å²) >= 11 is 12.6. The zero-order chi connectivity index (χ0) is 26.0. The molecule has 1 aliphatic rings. The molecule has 1 fully saturated rings. The van der Waals surface area contributed by atoms with Crippen LogP contribution in [0.1, 0.15) is 76.5 Å². The van der Waals surface area contributed by atoms with Crippen molar-refractivity contribution in [3.8, 4) is 6.07 Å². The standard InChI is InChI=1S/C28H32Cl2N2O3/c1-5-22(14-27(2,3)17-31)32-25(18-9-11-20(29)12-10-18)23(19-7-6-8-21(30)13-19)15-28(4,26(32)35)16-24(33)34/h6-13,22-23,25H,5,14-16H2,1-4H3,(H,33,34)/t22?,23-,25-,28-/m1/s1. The van der Waals surface area contributed by atoms with Crippen LogP contribution in [-0.2, 0) is 9.59 Å². The summed E-state index contributed by atoms with van der Waals surface area (Å²) in [7, 11) is 0. The van der Waals surface area contributed by atoms with Crippen molar-refractivity contribution in [2.75, 3.05) is 0 Å². The molecule has 1 N–H and O–H groups in total. The minimum atomic E-state index is -1.11. The van der Waals surface area contributed by atoms with E-state index < -0.39 is 16.8 Å². The third-order valence-corrected chi connectivity index (χ3v) is 7.53. The molecule has 7 heteroatoms. The monoisotopic (exact) mass is 514 g/mol. The molecular formula is C28H32Cl2N2O3. The van der Waals surface area contributed by atoms with Gasteiger partial charge in [-0.3, -0.25) is 9.59 Å². The lowest BCUT2D eigenvalue weighted by atomic mass is 9.66. The number of carbonyl (C=O) groups is 2. The van der Waals surface area contributed by atoms with E-state index in [4.69, 9.17) is 23.2 Å². The van der Waals surface area contributed by atoms with Crippen LogP contribution in [0, 0.1) is 22.2 Å². The summed E-state index contributed by atoms with van der Waals surface area (Å²) in [6.07, 6.45) is 1.19. The van der Waals surface area contributed by atoms with Crippen molar-refractivity contribution >= 4 is 35.1 Å². The number of carboxylic acids is 1. The molecule has 5 nitrogen and oxygen atoms in total. The first-order valence-electron chi connectivity index (χ1n) is 11.9. The highest BCUT2D eigenvalue weighted by Crippen LogP contribution is 2.53. The molecule has 4 atom stereocenters. The predicted molar refractivity (Wildman–Crippen MR) is 138 cm³/mol. The molecule has 0 aliphatic carbocycles. The Morgan fingerprint density at radius 3 is 2.40 bits per heavy atom. The van der Waals surface area contributed by atoms with Gasteiger partial charge in [-0.15, -0.1) is 0 Å². The molecule has 3 rings (SSSR count). The van der Waals surface area contributed by atoms with Gasteiger partial charge in [0, 0.05) is 22.0 Å². The lowest BCUT2D eigenvalue weighted by molar-refractivity contribution is -0.161. The van der Waals surface area contributed by atoms with E-state index in [1.54, 1.807) is 25.1 Å². The Morgan fingerprint density at radius 2 is 1.86 bits per heavy atom. The van der Waals surface area contributed by atoms with E-state index in [0.717, 1.165) is 11.1 Å². The van der Waals surface area contributed by atoms with Gasteiger partial charge in [-0.2, -0.15) is 5.26 Å². The third-order valence-electron chi connectivity index (χ3n) is 7.05. The summed E-state index contributed by atoms with van der Waals surface area (Å²) in [6, 6.07) is 16.7. The highest BCUT2D eigenvalue weighted by atomic mass is 35.5. The molecule has 0 aromatic heterocycles. The largest absolute Gasteiger partial charge is 0.481 e. The maximum absolute atomic E-state index is 14.2. The van der Waals surface area contributed by atoms with Crippen molar-refractivity contribution in [3.63, 3.8) is 0 Å². The summed E-state index contributed by atoms with van der Waals surface area (Å²) in [5, 5.41) is 20.6. The van der Waals surface area contributed by atoms with E-state index in [2.05, 4.69) is 6.07 Å². The number of amides is 1. The quantitative estimate of drug-likeness (QED) is 0.402. The van der Waals surface area contributed by atoms with Gasteiger partial charge in [-0.1, -0.05) is 61.3 Å². The molecule has 1 unspecified atom stereocenters. The molecule has 1 aliphatic heterocycles. The maximum atomic E-state index is 14.2. The fourth-order valence-corrected chi connectivity index (χ4v) is 5.68. The van der Waals surface area contributed by atoms with E-state index in [0.29, 0.717) is 29.3 Å². The van der Waals surface area contributed by atoms with Crippen LogP contribution in [0.2, 0.25) is 10.0 Å². The molecule has 1 saturated heterocycles. The Kier molecular flexibility index (Phi) is 8.19. The zero-order valence-electron chi connectivity index (χ0n) is 20.6. The minimum Gasteiger partial charge on any atom is -0.481 e. The Hall–Kier alpha value is -2.55.